The van der Waals surface area contributed by atoms with E-state index < -0.39 is 0 Å². The first kappa shape index (κ1) is 16.7. The van der Waals surface area contributed by atoms with Crippen molar-refractivity contribution in [2.45, 2.75) is 20.4 Å². The Bertz CT molecular complexity index is 872. The third kappa shape index (κ3) is 4.44. The van der Waals surface area contributed by atoms with Crippen molar-refractivity contribution in [3.63, 3.8) is 0 Å². The van der Waals surface area contributed by atoms with Gasteiger partial charge in [0.05, 0.1) is 11.3 Å². The molecule has 0 atom stereocenters. The van der Waals surface area contributed by atoms with E-state index in [1.807, 2.05) is 37.3 Å². The van der Waals surface area contributed by atoms with E-state index in [1.54, 1.807) is 12.4 Å². The fourth-order valence-electron chi connectivity index (χ4n) is 2.48. The lowest BCUT2D eigenvalue weighted by atomic mass is 10.1. The van der Waals surface area contributed by atoms with Gasteiger partial charge < -0.3 is 10.6 Å². The molecule has 2 N–H and O–H groups in total. The summed E-state index contributed by atoms with van der Waals surface area (Å²) in [6.45, 7) is 4.72. The van der Waals surface area contributed by atoms with Crippen LogP contribution in [0, 0.1) is 13.8 Å². The van der Waals surface area contributed by atoms with Crippen LogP contribution in [0.1, 0.15) is 27.0 Å². The van der Waals surface area contributed by atoms with Crippen molar-refractivity contribution in [2.24, 2.45) is 0 Å². The normalized spacial score (nSPS) is 10.3. The molecular formula is C21H21N3O. The van der Waals surface area contributed by atoms with E-state index in [1.165, 1.54) is 11.1 Å². The van der Waals surface area contributed by atoms with Gasteiger partial charge in [0.1, 0.15) is 0 Å². The molecule has 0 unspecified atom stereocenters. The second-order valence-electron chi connectivity index (χ2n) is 6.07. The number of benzene rings is 2. The summed E-state index contributed by atoms with van der Waals surface area (Å²) in [5.74, 6) is -0.166. The molecule has 3 aromatic rings. The second kappa shape index (κ2) is 7.62. The number of para-hydroxylation sites is 1. The van der Waals surface area contributed by atoms with Gasteiger partial charge in [-0.3, -0.25) is 9.78 Å². The lowest BCUT2D eigenvalue weighted by Gasteiger charge is -2.10. The quantitative estimate of drug-likeness (QED) is 0.720. The zero-order valence-corrected chi connectivity index (χ0v) is 14.4. The number of nitrogens with one attached hydrogen (secondary N) is 2. The number of hydrogen-bond donors (Lipinski definition) is 2. The Labute approximate surface area is 147 Å². The minimum absolute atomic E-state index is 0.166. The number of hydrogen-bond acceptors (Lipinski definition) is 3. The van der Waals surface area contributed by atoms with Crippen LogP contribution in [-0.2, 0) is 6.54 Å². The fraction of sp³-hybridized carbons (Fsp3) is 0.143. The van der Waals surface area contributed by atoms with Crippen molar-refractivity contribution in [3.8, 4) is 0 Å². The number of pyridine rings is 1. The van der Waals surface area contributed by atoms with Crippen LogP contribution in [0.3, 0.4) is 0 Å². The summed E-state index contributed by atoms with van der Waals surface area (Å²) in [7, 11) is 0. The van der Waals surface area contributed by atoms with E-state index in [0.29, 0.717) is 12.1 Å². The minimum Gasteiger partial charge on any atom is -0.380 e. The summed E-state index contributed by atoms with van der Waals surface area (Å²) in [4.78, 5) is 16.6. The van der Waals surface area contributed by atoms with Crippen molar-refractivity contribution in [1.29, 1.82) is 0 Å². The van der Waals surface area contributed by atoms with E-state index in [0.717, 1.165) is 16.9 Å². The van der Waals surface area contributed by atoms with Crippen molar-refractivity contribution in [2.75, 3.05) is 10.6 Å². The van der Waals surface area contributed by atoms with E-state index in [2.05, 4.69) is 46.8 Å². The predicted octanol–water partition coefficient (Wildman–Crippen LogP) is 4.56. The van der Waals surface area contributed by atoms with Gasteiger partial charge in [-0.1, -0.05) is 48.0 Å². The molecule has 3 rings (SSSR count). The highest BCUT2D eigenvalue weighted by atomic mass is 16.1. The molecule has 0 fully saturated rings. The lowest BCUT2D eigenvalue weighted by molar-refractivity contribution is 0.102. The monoisotopic (exact) mass is 331 g/mol. The van der Waals surface area contributed by atoms with Crippen LogP contribution < -0.4 is 10.6 Å². The molecule has 0 spiro atoms. The Morgan fingerprint density at radius 1 is 1.00 bits per heavy atom. The Kier molecular flexibility index (Phi) is 5.09. The molecule has 1 heterocycles. The molecule has 1 amide bonds. The van der Waals surface area contributed by atoms with Crippen molar-refractivity contribution in [3.05, 3.63) is 89.2 Å². The molecule has 0 radical (unpaired) electrons. The number of nitrogens with zero attached hydrogens (tertiary/aromatic N) is 1. The van der Waals surface area contributed by atoms with Crippen molar-refractivity contribution < 1.29 is 4.79 Å². The first-order chi connectivity index (χ1) is 12.1. The Morgan fingerprint density at radius 2 is 1.76 bits per heavy atom. The van der Waals surface area contributed by atoms with Crippen LogP contribution in [-0.4, -0.2) is 10.9 Å². The zero-order valence-electron chi connectivity index (χ0n) is 14.4. The molecule has 0 saturated carbocycles. The largest absolute Gasteiger partial charge is 0.380 e. The topological polar surface area (TPSA) is 54.0 Å². The molecule has 25 heavy (non-hydrogen) atoms. The van der Waals surface area contributed by atoms with E-state index in [4.69, 9.17) is 0 Å². The highest BCUT2D eigenvalue weighted by molar-refractivity contribution is 6.04. The summed E-state index contributed by atoms with van der Waals surface area (Å²) in [6, 6.07) is 17.9. The van der Waals surface area contributed by atoms with Crippen LogP contribution in [0.5, 0.6) is 0 Å². The van der Waals surface area contributed by atoms with Gasteiger partial charge in [-0.25, -0.2) is 0 Å². The Balaban J connectivity index is 1.67. The number of aromatic nitrogens is 1. The number of amides is 1. The fourth-order valence-corrected chi connectivity index (χ4v) is 2.48. The molecule has 1 aromatic heterocycles. The highest BCUT2D eigenvalue weighted by Gasteiger charge is 2.08. The van der Waals surface area contributed by atoms with Gasteiger partial charge in [0, 0.05) is 24.6 Å². The van der Waals surface area contributed by atoms with Crippen LogP contribution in [0.2, 0.25) is 0 Å². The molecule has 4 heteroatoms. The first-order valence-corrected chi connectivity index (χ1v) is 8.23. The summed E-state index contributed by atoms with van der Waals surface area (Å²) < 4.78 is 0. The maximum Gasteiger partial charge on any atom is 0.257 e. The summed E-state index contributed by atoms with van der Waals surface area (Å²) in [5, 5.41) is 6.24. The molecule has 4 nitrogen and oxygen atoms in total. The average Bonchev–Trinajstić information content (AvgIpc) is 2.63. The van der Waals surface area contributed by atoms with Gasteiger partial charge in [0.2, 0.25) is 0 Å². The summed E-state index contributed by atoms with van der Waals surface area (Å²) >= 11 is 0. The highest BCUT2D eigenvalue weighted by Crippen LogP contribution is 2.16. The molecule has 0 bridgehead atoms. The molecule has 0 aliphatic carbocycles. The van der Waals surface area contributed by atoms with Gasteiger partial charge in [-0.05, 0) is 37.1 Å². The molecule has 0 aliphatic rings. The number of carbonyl (C=O) groups excluding carboxylic acids is 1. The summed E-state index contributed by atoms with van der Waals surface area (Å²) in [5.41, 5.74) is 5.60. The van der Waals surface area contributed by atoms with Crippen molar-refractivity contribution >= 4 is 17.3 Å². The van der Waals surface area contributed by atoms with Gasteiger partial charge >= 0.3 is 0 Å². The summed E-state index contributed by atoms with van der Waals surface area (Å²) in [6.07, 6.45) is 3.30. The van der Waals surface area contributed by atoms with Crippen molar-refractivity contribution in [1.82, 2.24) is 4.98 Å². The molecule has 126 valence electrons. The van der Waals surface area contributed by atoms with Crippen LogP contribution >= 0.6 is 0 Å². The van der Waals surface area contributed by atoms with E-state index >= 15 is 0 Å². The standard InChI is InChI=1S/C21H21N3O/c1-15-7-9-17(10-8-15)12-23-19-11-18(13-22-14-19)21(25)24-20-6-4-3-5-16(20)2/h3-11,13-14,23H,12H2,1-2H3,(H,24,25). The zero-order chi connectivity index (χ0) is 17.6. The molecule has 0 saturated heterocycles. The van der Waals surface area contributed by atoms with Gasteiger partial charge in [0.15, 0.2) is 0 Å². The van der Waals surface area contributed by atoms with Gasteiger partial charge in [0.25, 0.3) is 5.91 Å². The second-order valence-corrected chi connectivity index (χ2v) is 6.07. The first-order valence-electron chi connectivity index (χ1n) is 8.23. The minimum atomic E-state index is -0.166. The third-order valence-corrected chi connectivity index (χ3v) is 4.01. The number of anilines is 2. The molecule has 2 aromatic carbocycles. The van der Waals surface area contributed by atoms with Crippen LogP contribution in [0.25, 0.3) is 0 Å². The van der Waals surface area contributed by atoms with Crippen LogP contribution in [0.15, 0.2) is 67.0 Å². The smallest absolute Gasteiger partial charge is 0.257 e. The molecular weight excluding hydrogens is 310 g/mol. The average molecular weight is 331 g/mol. The predicted molar refractivity (Wildman–Crippen MR) is 102 cm³/mol. The third-order valence-electron chi connectivity index (χ3n) is 4.01. The van der Waals surface area contributed by atoms with E-state index in [9.17, 15) is 4.79 Å². The SMILES string of the molecule is Cc1ccc(CNc2cncc(C(=O)Nc3ccccc3C)c2)cc1. The van der Waals surface area contributed by atoms with Crippen LogP contribution in [0.4, 0.5) is 11.4 Å². The Hall–Kier alpha value is -3.14. The maximum atomic E-state index is 12.5. The molecule has 0 aliphatic heterocycles. The van der Waals surface area contributed by atoms with Gasteiger partial charge in [-0.2, -0.15) is 0 Å². The number of carbonyl (C=O) groups is 1. The van der Waals surface area contributed by atoms with E-state index in [-0.39, 0.29) is 5.91 Å². The Morgan fingerprint density at radius 3 is 2.52 bits per heavy atom. The lowest BCUT2D eigenvalue weighted by Crippen LogP contribution is -2.13. The van der Waals surface area contributed by atoms with Gasteiger partial charge in [-0.15, -0.1) is 0 Å². The maximum absolute atomic E-state index is 12.5. The number of aryl methyl sites for hydroxylation is 2. The number of rotatable bonds is 5.